The summed E-state index contributed by atoms with van der Waals surface area (Å²) in [5.41, 5.74) is 3.60. The van der Waals surface area contributed by atoms with Gasteiger partial charge < -0.3 is 4.74 Å². The van der Waals surface area contributed by atoms with Gasteiger partial charge in [-0.05, 0) is 81.7 Å². The third-order valence-electron chi connectivity index (χ3n) is 4.22. The van der Waals surface area contributed by atoms with E-state index in [1.807, 2.05) is 24.3 Å². The molecule has 0 aliphatic rings. The second kappa shape index (κ2) is 10.4. The lowest BCUT2D eigenvalue weighted by Crippen LogP contribution is -2.20. The van der Waals surface area contributed by atoms with Gasteiger partial charge in [-0.1, -0.05) is 30.3 Å². The number of benzene rings is 3. The number of carbonyl (C=O) groups is 1. The number of alkyl halides is 3. The highest BCUT2D eigenvalue weighted by Crippen LogP contribution is 2.29. The molecule has 0 fully saturated rings. The van der Waals surface area contributed by atoms with Gasteiger partial charge in [0.25, 0.3) is 0 Å². The van der Waals surface area contributed by atoms with Gasteiger partial charge in [-0.15, -0.1) is 0 Å². The van der Waals surface area contributed by atoms with Gasteiger partial charge in [0, 0.05) is 3.57 Å². The van der Waals surface area contributed by atoms with Crippen LogP contribution in [0.3, 0.4) is 0 Å². The van der Waals surface area contributed by atoms with Gasteiger partial charge in [-0.2, -0.15) is 18.3 Å². The number of nitrogens with one attached hydrogen (secondary N) is 1. The normalized spacial score (nSPS) is 11.5. The number of halogens is 4. The smallest absolute Gasteiger partial charge is 0.416 e. The van der Waals surface area contributed by atoms with Gasteiger partial charge in [-0.3, -0.25) is 4.79 Å². The highest BCUT2D eigenvalue weighted by atomic mass is 127. The summed E-state index contributed by atoms with van der Waals surface area (Å²) in [5, 5.41) is 3.85. The first kappa shape index (κ1) is 22.8. The van der Waals surface area contributed by atoms with E-state index in [0.29, 0.717) is 12.4 Å². The van der Waals surface area contributed by atoms with Crippen LogP contribution >= 0.6 is 22.6 Å². The SMILES string of the molecule is O=C(Cc1cccc(C(F)(F)F)c1)N/N=C/c1ccc(OCc2ccc(I)cc2)cc1. The van der Waals surface area contributed by atoms with Gasteiger partial charge in [-0.25, -0.2) is 5.43 Å². The van der Waals surface area contributed by atoms with E-state index in [1.165, 1.54) is 18.3 Å². The van der Waals surface area contributed by atoms with Crippen LogP contribution in [-0.2, 0) is 24.0 Å². The van der Waals surface area contributed by atoms with Crippen molar-refractivity contribution in [1.82, 2.24) is 5.43 Å². The van der Waals surface area contributed by atoms with Crippen molar-refractivity contribution in [3.8, 4) is 5.75 Å². The molecule has 1 N–H and O–H groups in total. The molecule has 3 rings (SSSR count). The van der Waals surface area contributed by atoms with E-state index >= 15 is 0 Å². The summed E-state index contributed by atoms with van der Waals surface area (Å²) in [7, 11) is 0. The molecule has 0 saturated heterocycles. The van der Waals surface area contributed by atoms with Crippen LogP contribution in [0, 0.1) is 3.57 Å². The van der Waals surface area contributed by atoms with E-state index in [9.17, 15) is 18.0 Å². The quantitative estimate of drug-likeness (QED) is 0.243. The fourth-order valence-electron chi connectivity index (χ4n) is 2.66. The summed E-state index contributed by atoms with van der Waals surface area (Å²) in [5.74, 6) is 0.192. The van der Waals surface area contributed by atoms with Crippen molar-refractivity contribution in [2.24, 2.45) is 5.10 Å². The molecule has 0 atom stereocenters. The molecule has 8 heteroatoms. The van der Waals surface area contributed by atoms with E-state index < -0.39 is 17.6 Å². The van der Waals surface area contributed by atoms with Crippen molar-refractivity contribution in [1.29, 1.82) is 0 Å². The lowest BCUT2D eigenvalue weighted by atomic mass is 10.1. The Morgan fingerprint density at radius 1 is 1.00 bits per heavy atom. The maximum atomic E-state index is 12.7. The summed E-state index contributed by atoms with van der Waals surface area (Å²) in [4.78, 5) is 11.9. The Hall–Kier alpha value is -2.88. The Labute approximate surface area is 191 Å². The monoisotopic (exact) mass is 538 g/mol. The summed E-state index contributed by atoms with van der Waals surface area (Å²) in [6.45, 7) is 0.454. The molecule has 3 aromatic rings. The molecular formula is C23H18F3IN2O2. The largest absolute Gasteiger partial charge is 0.489 e. The van der Waals surface area contributed by atoms with Gasteiger partial charge in [0.05, 0.1) is 18.2 Å². The molecular weight excluding hydrogens is 520 g/mol. The molecule has 3 aromatic carbocycles. The van der Waals surface area contributed by atoms with Crippen molar-refractivity contribution in [2.45, 2.75) is 19.2 Å². The lowest BCUT2D eigenvalue weighted by Gasteiger charge is -2.08. The van der Waals surface area contributed by atoms with E-state index in [-0.39, 0.29) is 12.0 Å². The van der Waals surface area contributed by atoms with Crippen molar-refractivity contribution >= 4 is 34.7 Å². The van der Waals surface area contributed by atoms with Crippen LogP contribution in [0.2, 0.25) is 0 Å². The maximum Gasteiger partial charge on any atom is 0.416 e. The minimum Gasteiger partial charge on any atom is -0.489 e. The van der Waals surface area contributed by atoms with Crippen LogP contribution in [0.4, 0.5) is 13.2 Å². The Morgan fingerprint density at radius 2 is 1.71 bits per heavy atom. The Balaban J connectivity index is 1.48. The Bertz CT molecular complexity index is 1050. The predicted molar refractivity (Wildman–Crippen MR) is 121 cm³/mol. The van der Waals surface area contributed by atoms with E-state index in [1.54, 1.807) is 24.3 Å². The van der Waals surface area contributed by atoms with E-state index in [0.717, 1.165) is 26.8 Å². The second-order valence-corrected chi connectivity index (χ2v) is 7.90. The van der Waals surface area contributed by atoms with E-state index in [4.69, 9.17) is 4.74 Å². The number of ether oxygens (including phenoxy) is 1. The van der Waals surface area contributed by atoms with Crippen molar-refractivity contribution in [3.63, 3.8) is 0 Å². The van der Waals surface area contributed by atoms with Crippen LogP contribution in [0.15, 0.2) is 77.9 Å². The fourth-order valence-corrected chi connectivity index (χ4v) is 3.02. The number of carbonyl (C=O) groups excluding carboxylic acids is 1. The first-order chi connectivity index (χ1) is 14.8. The minimum atomic E-state index is -4.44. The zero-order chi connectivity index (χ0) is 22.3. The van der Waals surface area contributed by atoms with Gasteiger partial charge in [0.1, 0.15) is 12.4 Å². The van der Waals surface area contributed by atoms with Crippen molar-refractivity contribution in [2.75, 3.05) is 0 Å². The highest BCUT2D eigenvalue weighted by Gasteiger charge is 2.30. The van der Waals surface area contributed by atoms with Gasteiger partial charge in [0.2, 0.25) is 5.91 Å². The van der Waals surface area contributed by atoms with Crippen molar-refractivity contribution < 1.29 is 22.7 Å². The fraction of sp³-hybridized carbons (Fsp3) is 0.130. The molecule has 31 heavy (non-hydrogen) atoms. The molecule has 1 amide bonds. The predicted octanol–water partition coefficient (Wildman–Crippen LogP) is 5.58. The number of nitrogens with zero attached hydrogens (tertiary/aromatic N) is 1. The average Bonchev–Trinajstić information content (AvgIpc) is 2.74. The lowest BCUT2D eigenvalue weighted by molar-refractivity contribution is -0.137. The van der Waals surface area contributed by atoms with Crippen molar-refractivity contribution in [3.05, 3.63) is 98.6 Å². The summed E-state index contributed by atoms with van der Waals surface area (Å²) >= 11 is 2.24. The number of hydrogen-bond donors (Lipinski definition) is 1. The van der Waals surface area contributed by atoms with Crippen LogP contribution in [0.1, 0.15) is 22.3 Å². The van der Waals surface area contributed by atoms with Gasteiger partial charge in [0.15, 0.2) is 0 Å². The molecule has 0 saturated carbocycles. The summed E-state index contributed by atoms with van der Waals surface area (Å²) < 4.78 is 45.1. The van der Waals surface area contributed by atoms with Crippen LogP contribution in [-0.4, -0.2) is 12.1 Å². The minimum absolute atomic E-state index is 0.202. The topological polar surface area (TPSA) is 50.7 Å². The molecule has 4 nitrogen and oxygen atoms in total. The zero-order valence-corrected chi connectivity index (χ0v) is 18.4. The Kier molecular flexibility index (Phi) is 7.67. The number of amides is 1. The molecule has 0 heterocycles. The molecule has 160 valence electrons. The van der Waals surface area contributed by atoms with E-state index in [2.05, 4.69) is 33.1 Å². The van der Waals surface area contributed by atoms with Gasteiger partial charge >= 0.3 is 6.18 Å². The zero-order valence-electron chi connectivity index (χ0n) is 16.2. The summed E-state index contributed by atoms with van der Waals surface area (Å²) in [6.07, 6.45) is -3.19. The summed E-state index contributed by atoms with van der Waals surface area (Å²) in [6, 6.07) is 19.8. The number of hydrazone groups is 1. The van der Waals surface area contributed by atoms with Crippen LogP contribution in [0.5, 0.6) is 5.75 Å². The molecule has 0 aliphatic carbocycles. The standard InChI is InChI=1S/C23H18F3IN2O2/c24-23(25,26)19-3-1-2-18(12-19)13-22(30)29-28-14-16-6-10-21(11-7-16)31-15-17-4-8-20(27)9-5-17/h1-12,14H,13,15H2,(H,29,30)/b28-14+. The third kappa shape index (κ3) is 7.39. The molecule has 0 radical (unpaired) electrons. The first-order valence-corrected chi connectivity index (χ1v) is 10.3. The first-order valence-electron chi connectivity index (χ1n) is 9.25. The molecule has 0 unspecified atom stereocenters. The third-order valence-corrected chi connectivity index (χ3v) is 4.94. The molecule has 0 spiro atoms. The Morgan fingerprint density at radius 3 is 2.39 bits per heavy atom. The van der Waals surface area contributed by atoms with Crippen LogP contribution in [0.25, 0.3) is 0 Å². The average molecular weight is 538 g/mol. The number of hydrogen-bond acceptors (Lipinski definition) is 3. The molecule has 0 bridgehead atoms. The maximum absolute atomic E-state index is 12.7. The second-order valence-electron chi connectivity index (χ2n) is 6.65. The van der Waals surface area contributed by atoms with Crippen LogP contribution < -0.4 is 10.2 Å². The molecule has 0 aliphatic heterocycles. The highest BCUT2D eigenvalue weighted by molar-refractivity contribution is 14.1. The number of rotatable bonds is 7. The molecule has 0 aromatic heterocycles.